The number of nitrogens with two attached hydrogens (primary N) is 1. The maximum absolute atomic E-state index is 13.9. The molecule has 12 heteroatoms. The number of hydrogen-bond acceptors (Lipinski definition) is 4. The lowest BCUT2D eigenvalue weighted by Crippen LogP contribution is -2.20. The van der Waals surface area contributed by atoms with Gasteiger partial charge in [0, 0.05) is 34.4 Å². The van der Waals surface area contributed by atoms with E-state index in [9.17, 15) is 27.2 Å². The lowest BCUT2D eigenvalue weighted by atomic mass is 10.0. The number of nitrogens with one attached hydrogen (secondary N) is 4. The van der Waals surface area contributed by atoms with Crippen LogP contribution in [-0.4, -0.2) is 35.2 Å². The van der Waals surface area contributed by atoms with E-state index < -0.39 is 35.2 Å². The van der Waals surface area contributed by atoms with Crippen LogP contribution in [0.25, 0.3) is 22.0 Å². The molecule has 0 aliphatic heterocycles. The Balaban J connectivity index is 1.55. The molecule has 0 bridgehead atoms. The number of hydrogen-bond donors (Lipinski definition) is 6. The van der Waals surface area contributed by atoms with Gasteiger partial charge in [-0.15, -0.1) is 0 Å². The summed E-state index contributed by atoms with van der Waals surface area (Å²) in [6.45, 7) is 0.304. The molecule has 0 aliphatic rings. The van der Waals surface area contributed by atoms with Crippen molar-refractivity contribution in [3.63, 3.8) is 0 Å². The number of carbonyl (C=O) groups is 2. The summed E-state index contributed by atoms with van der Waals surface area (Å²) in [5.74, 6) is -1.70. The molecular formula is C25H21F4N5O3. The highest BCUT2D eigenvalue weighted by atomic mass is 19.4. The highest BCUT2D eigenvalue weighted by Crippen LogP contribution is 2.35. The Labute approximate surface area is 207 Å². The Bertz CT molecular complexity index is 1470. The number of urea groups is 1. The minimum Gasteiger partial charge on any atom is -0.395 e. The van der Waals surface area contributed by atoms with Gasteiger partial charge in [0.15, 0.2) is 0 Å². The van der Waals surface area contributed by atoms with Crippen LogP contribution >= 0.6 is 0 Å². The lowest BCUT2D eigenvalue weighted by Gasteiger charge is -2.12. The molecule has 3 amide bonds. The summed E-state index contributed by atoms with van der Waals surface area (Å²) < 4.78 is 52.6. The fourth-order valence-electron chi connectivity index (χ4n) is 3.79. The highest BCUT2D eigenvalue weighted by Gasteiger charge is 2.31. The zero-order chi connectivity index (χ0) is 26.7. The van der Waals surface area contributed by atoms with Crippen molar-refractivity contribution in [2.75, 3.05) is 29.1 Å². The summed E-state index contributed by atoms with van der Waals surface area (Å²) in [5.41, 5.74) is 6.79. The molecule has 37 heavy (non-hydrogen) atoms. The monoisotopic (exact) mass is 515 g/mol. The SMILES string of the molecule is NC(=O)c1[nH]c2cc(NCCO)ccc2c1-c1ccc(NC(=O)Nc2cc(C(F)(F)F)ccc2F)cc1. The second-order valence-electron chi connectivity index (χ2n) is 8.00. The number of primary amides is 1. The average Bonchev–Trinajstić information content (AvgIpc) is 3.23. The maximum Gasteiger partial charge on any atom is 0.416 e. The third-order valence-corrected chi connectivity index (χ3v) is 5.46. The number of halogens is 4. The lowest BCUT2D eigenvalue weighted by molar-refractivity contribution is -0.137. The summed E-state index contributed by atoms with van der Waals surface area (Å²) >= 11 is 0. The van der Waals surface area contributed by atoms with Gasteiger partial charge in [0.1, 0.15) is 11.5 Å². The number of carbonyl (C=O) groups excluding carboxylic acids is 2. The van der Waals surface area contributed by atoms with E-state index in [1.54, 1.807) is 30.3 Å². The Morgan fingerprint density at radius 1 is 0.946 bits per heavy atom. The largest absolute Gasteiger partial charge is 0.416 e. The van der Waals surface area contributed by atoms with Crippen molar-refractivity contribution in [1.29, 1.82) is 0 Å². The Morgan fingerprint density at radius 2 is 1.65 bits per heavy atom. The summed E-state index contributed by atoms with van der Waals surface area (Å²) in [5, 5.41) is 17.2. The number of aromatic nitrogens is 1. The average molecular weight is 515 g/mol. The maximum atomic E-state index is 13.9. The number of benzene rings is 3. The van der Waals surface area contributed by atoms with Gasteiger partial charge >= 0.3 is 12.2 Å². The normalized spacial score (nSPS) is 11.4. The van der Waals surface area contributed by atoms with Crippen molar-refractivity contribution < 1.29 is 32.3 Å². The second-order valence-corrected chi connectivity index (χ2v) is 8.00. The van der Waals surface area contributed by atoms with E-state index in [0.717, 1.165) is 5.69 Å². The third-order valence-electron chi connectivity index (χ3n) is 5.46. The molecule has 0 fully saturated rings. The number of fused-ring (bicyclic) bond motifs is 1. The molecule has 0 saturated heterocycles. The van der Waals surface area contributed by atoms with Crippen molar-refractivity contribution in [2.24, 2.45) is 5.73 Å². The summed E-state index contributed by atoms with van der Waals surface area (Å²) in [4.78, 5) is 27.4. The minimum absolute atomic E-state index is 0.0478. The van der Waals surface area contributed by atoms with Crippen LogP contribution in [0.15, 0.2) is 60.7 Å². The molecule has 4 aromatic rings. The first-order valence-corrected chi connectivity index (χ1v) is 10.9. The molecule has 0 saturated carbocycles. The van der Waals surface area contributed by atoms with Gasteiger partial charge in [0.05, 0.1) is 17.9 Å². The van der Waals surface area contributed by atoms with Crippen molar-refractivity contribution in [3.05, 3.63) is 77.7 Å². The molecule has 7 N–H and O–H groups in total. The Morgan fingerprint density at radius 3 is 2.30 bits per heavy atom. The van der Waals surface area contributed by atoms with Gasteiger partial charge < -0.3 is 31.8 Å². The van der Waals surface area contributed by atoms with Crippen molar-refractivity contribution in [3.8, 4) is 11.1 Å². The predicted octanol–water partition coefficient (Wildman–Crippen LogP) is 5.14. The molecule has 3 aromatic carbocycles. The van der Waals surface area contributed by atoms with E-state index >= 15 is 0 Å². The van der Waals surface area contributed by atoms with E-state index in [4.69, 9.17) is 10.8 Å². The molecule has 0 aliphatic carbocycles. The van der Waals surface area contributed by atoms with Crippen LogP contribution in [0, 0.1) is 5.82 Å². The van der Waals surface area contributed by atoms with Crippen molar-refractivity contribution >= 4 is 39.9 Å². The quantitative estimate of drug-likeness (QED) is 0.190. The molecule has 192 valence electrons. The van der Waals surface area contributed by atoms with Gasteiger partial charge in [0.25, 0.3) is 5.91 Å². The van der Waals surface area contributed by atoms with E-state index in [0.29, 0.717) is 46.8 Å². The van der Waals surface area contributed by atoms with E-state index in [2.05, 4.69) is 20.9 Å². The fraction of sp³-hybridized carbons (Fsp3) is 0.120. The molecule has 4 rings (SSSR count). The standard InChI is InChI=1S/C25H21F4N5O3/c26-18-8-3-14(25(27,28)29)11-20(18)34-24(37)32-15-4-1-13(2-5-15)21-17-7-6-16(31-9-10-35)12-19(17)33-22(21)23(30)36/h1-8,11-12,31,33,35H,9-10H2,(H2,30,36)(H2,32,34,37). The van der Waals surface area contributed by atoms with Gasteiger partial charge in [-0.05, 0) is 48.0 Å². The zero-order valence-corrected chi connectivity index (χ0v) is 19.0. The van der Waals surface area contributed by atoms with Crippen LogP contribution in [0.5, 0.6) is 0 Å². The molecule has 0 unspecified atom stereocenters. The Hall–Kier alpha value is -4.58. The molecular weight excluding hydrogens is 494 g/mol. The first-order chi connectivity index (χ1) is 17.6. The Kier molecular flexibility index (Phi) is 7.02. The van der Waals surface area contributed by atoms with E-state index in [-0.39, 0.29) is 18.0 Å². The number of aromatic amines is 1. The first-order valence-electron chi connectivity index (χ1n) is 10.9. The second kappa shape index (κ2) is 10.2. The number of aliphatic hydroxyl groups excluding tert-OH is 1. The minimum atomic E-state index is -4.69. The number of anilines is 3. The van der Waals surface area contributed by atoms with Crippen LogP contribution in [0.1, 0.15) is 16.1 Å². The van der Waals surface area contributed by atoms with E-state index in [1.165, 1.54) is 12.1 Å². The number of H-pyrrole nitrogens is 1. The van der Waals surface area contributed by atoms with Crippen LogP contribution < -0.4 is 21.7 Å². The summed E-state index contributed by atoms with van der Waals surface area (Å²) in [6, 6.07) is 12.4. The molecule has 0 atom stereocenters. The summed E-state index contributed by atoms with van der Waals surface area (Å²) in [7, 11) is 0. The van der Waals surface area contributed by atoms with Gasteiger partial charge in [0.2, 0.25) is 0 Å². The van der Waals surface area contributed by atoms with Gasteiger partial charge in [-0.25, -0.2) is 9.18 Å². The molecule has 0 radical (unpaired) electrons. The topological polar surface area (TPSA) is 132 Å². The van der Waals surface area contributed by atoms with E-state index in [1.807, 2.05) is 0 Å². The summed E-state index contributed by atoms with van der Waals surface area (Å²) in [6.07, 6.45) is -4.69. The predicted molar refractivity (Wildman–Crippen MR) is 132 cm³/mol. The number of rotatable bonds is 7. The van der Waals surface area contributed by atoms with Gasteiger partial charge in [-0.3, -0.25) is 4.79 Å². The van der Waals surface area contributed by atoms with Crippen LogP contribution in [-0.2, 0) is 6.18 Å². The molecule has 1 heterocycles. The molecule has 8 nitrogen and oxygen atoms in total. The van der Waals surface area contributed by atoms with Crippen LogP contribution in [0.4, 0.5) is 39.4 Å². The zero-order valence-electron chi connectivity index (χ0n) is 19.0. The highest BCUT2D eigenvalue weighted by molar-refractivity contribution is 6.10. The molecule has 0 spiro atoms. The number of aliphatic hydroxyl groups is 1. The molecule has 1 aromatic heterocycles. The number of amides is 3. The van der Waals surface area contributed by atoms with Crippen LogP contribution in [0.2, 0.25) is 0 Å². The van der Waals surface area contributed by atoms with Gasteiger partial charge in [-0.2, -0.15) is 13.2 Å². The smallest absolute Gasteiger partial charge is 0.395 e. The van der Waals surface area contributed by atoms with Crippen molar-refractivity contribution in [2.45, 2.75) is 6.18 Å². The number of alkyl halides is 3. The third kappa shape index (κ3) is 5.64. The fourth-order valence-corrected chi connectivity index (χ4v) is 3.79. The van der Waals surface area contributed by atoms with Crippen LogP contribution in [0.3, 0.4) is 0 Å². The first kappa shape index (κ1) is 25.5. The van der Waals surface area contributed by atoms with Gasteiger partial charge in [-0.1, -0.05) is 18.2 Å². The van der Waals surface area contributed by atoms with Crippen molar-refractivity contribution in [1.82, 2.24) is 4.98 Å².